The zero-order valence-corrected chi connectivity index (χ0v) is 9.69. The van der Waals surface area contributed by atoms with Gasteiger partial charge in [-0.25, -0.2) is 9.59 Å². The fourth-order valence-electron chi connectivity index (χ4n) is 1.31. The molecule has 0 aromatic rings. The van der Waals surface area contributed by atoms with E-state index in [4.69, 9.17) is 10.2 Å². The van der Waals surface area contributed by atoms with Gasteiger partial charge in [0.15, 0.2) is 0 Å². The second kappa shape index (κ2) is 6.82. The lowest BCUT2D eigenvalue weighted by Crippen LogP contribution is -2.11. The van der Waals surface area contributed by atoms with Crippen LogP contribution in [0.2, 0.25) is 0 Å². The van der Waals surface area contributed by atoms with Crippen molar-refractivity contribution in [2.24, 2.45) is 5.92 Å². The molecule has 0 spiro atoms. The second-order valence-corrected chi connectivity index (χ2v) is 3.73. The van der Waals surface area contributed by atoms with Gasteiger partial charge in [0.2, 0.25) is 0 Å². The molecule has 0 saturated carbocycles. The summed E-state index contributed by atoms with van der Waals surface area (Å²) in [5.74, 6) is -2.50. The number of carboxylic acids is 2. The van der Waals surface area contributed by atoms with Crippen LogP contribution in [-0.4, -0.2) is 22.2 Å². The lowest BCUT2D eigenvalue weighted by Gasteiger charge is -2.12. The zero-order valence-electron chi connectivity index (χ0n) is 9.69. The van der Waals surface area contributed by atoms with Crippen molar-refractivity contribution in [2.45, 2.75) is 33.1 Å². The summed E-state index contributed by atoms with van der Waals surface area (Å²) in [6.07, 6.45) is 3.87. The molecule has 2 N–H and O–H groups in total. The van der Waals surface area contributed by atoms with Gasteiger partial charge in [-0.1, -0.05) is 32.4 Å². The molecule has 0 radical (unpaired) electrons. The number of unbranched alkanes of at least 4 members (excludes halogenated alkanes) is 1. The molecule has 0 heterocycles. The van der Waals surface area contributed by atoms with Crippen molar-refractivity contribution in [3.05, 3.63) is 23.8 Å². The molecule has 0 aromatic carbocycles. The van der Waals surface area contributed by atoms with Crippen molar-refractivity contribution in [3.63, 3.8) is 0 Å². The maximum Gasteiger partial charge on any atom is 0.331 e. The van der Waals surface area contributed by atoms with Crippen LogP contribution in [0, 0.1) is 5.92 Å². The second-order valence-electron chi connectivity index (χ2n) is 3.73. The Hall–Kier alpha value is -1.58. The average molecular weight is 226 g/mol. The molecule has 4 nitrogen and oxygen atoms in total. The van der Waals surface area contributed by atoms with Crippen LogP contribution in [0.25, 0.3) is 0 Å². The Kier molecular flexibility index (Phi) is 6.15. The normalized spacial score (nSPS) is 13.2. The van der Waals surface area contributed by atoms with Crippen LogP contribution < -0.4 is 0 Å². The monoisotopic (exact) mass is 226 g/mol. The molecule has 0 aliphatic heterocycles. The van der Waals surface area contributed by atoms with Gasteiger partial charge in [-0.05, 0) is 13.3 Å². The summed E-state index contributed by atoms with van der Waals surface area (Å²) in [6, 6.07) is 0. The smallest absolute Gasteiger partial charge is 0.331 e. The summed E-state index contributed by atoms with van der Waals surface area (Å²) >= 11 is 0. The molecule has 0 bridgehead atoms. The van der Waals surface area contributed by atoms with E-state index in [0.29, 0.717) is 6.42 Å². The highest BCUT2D eigenvalue weighted by atomic mass is 16.4. The first-order valence-electron chi connectivity index (χ1n) is 5.24. The summed E-state index contributed by atoms with van der Waals surface area (Å²) in [7, 11) is 0. The lowest BCUT2D eigenvalue weighted by molar-refractivity contribution is -0.134. The molecule has 90 valence electrons. The van der Waals surface area contributed by atoms with E-state index in [0.717, 1.165) is 12.8 Å². The van der Waals surface area contributed by atoms with Crippen molar-refractivity contribution in [1.82, 2.24) is 0 Å². The van der Waals surface area contributed by atoms with E-state index in [9.17, 15) is 9.59 Å². The van der Waals surface area contributed by atoms with Crippen LogP contribution in [0.1, 0.15) is 33.1 Å². The number of allylic oxidation sites excluding steroid dienone is 1. The SMILES string of the molecule is C=C(C(=O)O)C(C=C(C)C(=O)O)CCCC. The van der Waals surface area contributed by atoms with Gasteiger partial charge in [0.25, 0.3) is 0 Å². The summed E-state index contributed by atoms with van der Waals surface area (Å²) in [5, 5.41) is 17.6. The molecule has 0 amide bonds. The molecule has 4 heteroatoms. The summed E-state index contributed by atoms with van der Waals surface area (Å²) in [6.45, 7) is 6.93. The van der Waals surface area contributed by atoms with Crippen molar-refractivity contribution in [1.29, 1.82) is 0 Å². The predicted molar refractivity (Wildman–Crippen MR) is 61.2 cm³/mol. The minimum Gasteiger partial charge on any atom is -0.478 e. The Morgan fingerprint density at radius 3 is 2.25 bits per heavy atom. The van der Waals surface area contributed by atoms with Crippen LogP contribution in [0.15, 0.2) is 23.8 Å². The Balaban J connectivity index is 4.80. The van der Waals surface area contributed by atoms with Gasteiger partial charge in [-0.3, -0.25) is 0 Å². The van der Waals surface area contributed by atoms with Crippen LogP contribution in [0.3, 0.4) is 0 Å². The molecule has 16 heavy (non-hydrogen) atoms. The number of carbonyl (C=O) groups is 2. The predicted octanol–water partition coefficient (Wildman–Crippen LogP) is 2.46. The molecule has 1 atom stereocenters. The number of hydrogen-bond donors (Lipinski definition) is 2. The van der Waals surface area contributed by atoms with Crippen molar-refractivity contribution < 1.29 is 19.8 Å². The third-order valence-corrected chi connectivity index (χ3v) is 2.38. The van der Waals surface area contributed by atoms with Gasteiger partial charge in [0, 0.05) is 17.1 Å². The van der Waals surface area contributed by atoms with E-state index in [1.54, 1.807) is 0 Å². The first-order chi connectivity index (χ1) is 7.40. The van der Waals surface area contributed by atoms with E-state index in [1.165, 1.54) is 13.0 Å². The maximum absolute atomic E-state index is 10.8. The molecular formula is C12H18O4. The maximum atomic E-state index is 10.8. The molecule has 0 rings (SSSR count). The minimum absolute atomic E-state index is 0.0500. The number of carboxylic acid groups (broad SMARTS) is 2. The Labute approximate surface area is 95.3 Å². The highest BCUT2D eigenvalue weighted by Crippen LogP contribution is 2.20. The fourth-order valence-corrected chi connectivity index (χ4v) is 1.31. The molecule has 1 unspecified atom stereocenters. The highest BCUT2D eigenvalue weighted by Gasteiger charge is 2.17. The van der Waals surface area contributed by atoms with E-state index < -0.39 is 17.9 Å². The number of hydrogen-bond acceptors (Lipinski definition) is 2. The van der Waals surface area contributed by atoms with E-state index in [-0.39, 0.29) is 11.1 Å². The Morgan fingerprint density at radius 2 is 1.88 bits per heavy atom. The van der Waals surface area contributed by atoms with Crippen LogP contribution in [-0.2, 0) is 9.59 Å². The molecule has 0 fully saturated rings. The lowest BCUT2D eigenvalue weighted by atomic mass is 9.92. The molecule has 0 saturated heterocycles. The molecular weight excluding hydrogens is 208 g/mol. The minimum atomic E-state index is -1.07. The molecule has 0 aromatic heterocycles. The first-order valence-corrected chi connectivity index (χ1v) is 5.24. The largest absolute Gasteiger partial charge is 0.478 e. The number of rotatable bonds is 7. The van der Waals surface area contributed by atoms with Gasteiger partial charge >= 0.3 is 11.9 Å². The van der Waals surface area contributed by atoms with Crippen molar-refractivity contribution in [3.8, 4) is 0 Å². The fraction of sp³-hybridized carbons (Fsp3) is 0.500. The van der Waals surface area contributed by atoms with Gasteiger partial charge in [0.1, 0.15) is 0 Å². The van der Waals surface area contributed by atoms with E-state index in [2.05, 4.69) is 6.58 Å². The van der Waals surface area contributed by atoms with Crippen molar-refractivity contribution >= 4 is 11.9 Å². The highest BCUT2D eigenvalue weighted by molar-refractivity contribution is 5.89. The summed E-state index contributed by atoms with van der Waals surface area (Å²) < 4.78 is 0. The van der Waals surface area contributed by atoms with Crippen LogP contribution in [0.5, 0.6) is 0 Å². The van der Waals surface area contributed by atoms with Gasteiger partial charge in [-0.15, -0.1) is 0 Å². The number of aliphatic carboxylic acids is 2. The average Bonchev–Trinajstić information content (AvgIpc) is 2.22. The first kappa shape index (κ1) is 14.4. The van der Waals surface area contributed by atoms with Gasteiger partial charge in [0.05, 0.1) is 0 Å². The third kappa shape index (κ3) is 4.77. The third-order valence-electron chi connectivity index (χ3n) is 2.38. The van der Waals surface area contributed by atoms with Gasteiger partial charge in [-0.2, -0.15) is 0 Å². The Bertz CT molecular complexity index is 315. The summed E-state index contributed by atoms with van der Waals surface area (Å²) in [4.78, 5) is 21.4. The van der Waals surface area contributed by atoms with Gasteiger partial charge < -0.3 is 10.2 Å². The standard InChI is InChI=1S/C12H18O4/c1-4-5-6-10(9(3)12(15)16)7-8(2)11(13)14/h7,10H,3-6H2,1-2H3,(H,13,14)(H,15,16). The molecule has 0 aliphatic carbocycles. The van der Waals surface area contributed by atoms with E-state index >= 15 is 0 Å². The van der Waals surface area contributed by atoms with Crippen molar-refractivity contribution in [2.75, 3.05) is 0 Å². The van der Waals surface area contributed by atoms with Crippen LogP contribution >= 0.6 is 0 Å². The summed E-state index contributed by atoms with van der Waals surface area (Å²) in [5.41, 5.74) is 0.206. The molecule has 0 aliphatic rings. The quantitative estimate of drug-likeness (QED) is 0.654. The topological polar surface area (TPSA) is 74.6 Å². The zero-order chi connectivity index (χ0) is 12.7. The Morgan fingerprint density at radius 1 is 1.31 bits per heavy atom. The van der Waals surface area contributed by atoms with Crippen LogP contribution in [0.4, 0.5) is 0 Å². The van der Waals surface area contributed by atoms with E-state index in [1.807, 2.05) is 6.92 Å².